The highest BCUT2D eigenvalue weighted by atomic mass is 15.4. The fraction of sp³-hybridized carbons (Fsp3) is 0.471. The van der Waals surface area contributed by atoms with Crippen molar-refractivity contribution in [2.45, 2.75) is 25.6 Å². The Labute approximate surface area is 127 Å². The van der Waals surface area contributed by atoms with Crippen molar-refractivity contribution in [1.29, 1.82) is 0 Å². The van der Waals surface area contributed by atoms with E-state index >= 15 is 0 Å². The number of hydrogen-bond acceptors (Lipinski definition) is 3. The molecule has 3 rings (SSSR count). The third kappa shape index (κ3) is 3.52. The lowest BCUT2D eigenvalue weighted by molar-refractivity contribution is 0.155. The lowest BCUT2D eigenvalue weighted by Crippen LogP contribution is -2.38. The third-order valence-corrected chi connectivity index (χ3v) is 4.11. The Kier molecular flexibility index (Phi) is 4.36. The average molecular weight is 284 g/mol. The molecule has 1 aliphatic rings. The molecule has 0 aliphatic carbocycles. The molecule has 2 aromatic rings. The molecule has 1 atom stereocenters. The molecule has 4 heteroatoms. The van der Waals surface area contributed by atoms with E-state index < -0.39 is 0 Å². The summed E-state index contributed by atoms with van der Waals surface area (Å²) in [5.41, 5.74) is 2.72. The van der Waals surface area contributed by atoms with E-state index in [0.717, 1.165) is 32.6 Å². The first-order valence-corrected chi connectivity index (χ1v) is 7.66. The summed E-state index contributed by atoms with van der Waals surface area (Å²) < 4.78 is 2.23. The molecular weight excluding hydrogens is 260 g/mol. The Balaban J connectivity index is 1.71. The molecule has 1 aromatic carbocycles. The zero-order valence-corrected chi connectivity index (χ0v) is 12.9. The van der Waals surface area contributed by atoms with Crippen molar-refractivity contribution in [3.05, 3.63) is 53.9 Å². The summed E-state index contributed by atoms with van der Waals surface area (Å²) in [5.74, 6) is 0. The highest BCUT2D eigenvalue weighted by Crippen LogP contribution is 2.24. The summed E-state index contributed by atoms with van der Waals surface area (Å²) in [4.78, 5) is 4.78. The molecule has 21 heavy (non-hydrogen) atoms. The van der Waals surface area contributed by atoms with Gasteiger partial charge in [-0.3, -0.25) is 9.58 Å². The van der Waals surface area contributed by atoms with Gasteiger partial charge in [0, 0.05) is 25.8 Å². The van der Waals surface area contributed by atoms with Gasteiger partial charge in [0.05, 0.1) is 11.7 Å². The van der Waals surface area contributed by atoms with Crippen molar-refractivity contribution in [3.63, 3.8) is 0 Å². The van der Waals surface area contributed by atoms with Gasteiger partial charge >= 0.3 is 0 Å². The van der Waals surface area contributed by atoms with Crippen molar-refractivity contribution in [2.24, 2.45) is 0 Å². The maximum atomic E-state index is 4.53. The summed E-state index contributed by atoms with van der Waals surface area (Å²) in [5, 5.41) is 4.53. The summed E-state index contributed by atoms with van der Waals surface area (Å²) in [7, 11) is 4.27. The molecule has 0 bridgehead atoms. The molecule has 1 aliphatic heterocycles. The van der Waals surface area contributed by atoms with Gasteiger partial charge in [-0.25, -0.2) is 0 Å². The minimum absolute atomic E-state index is 0.481. The molecule has 0 amide bonds. The van der Waals surface area contributed by atoms with Crippen LogP contribution in [0.3, 0.4) is 0 Å². The largest absolute Gasteiger partial charge is 0.309 e. The molecule has 0 N–H and O–H groups in total. The van der Waals surface area contributed by atoms with Crippen molar-refractivity contribution >= 4 is 0 Å². The van der Waals surface area contributed by atoms with E-state index in [1.165, 1.54) is 11.3 Å². The van der Waals surface area contributed by atoms with Crippen LogP contribution in [0.1, 0.15) is 23.7 Å². The Morgan fingerprint density at radius 2 is 2.00 bits per heavy atom. The molecule has 2 heterocycles. The van der Waals surface area contributed by atoms with E-state index in [1.54, 1.807) is 0 Å². The smallest absolute Gasteiger partial charge is 0.0662 e. The first-order valence-electron chi connectivity index (χ1n) is 7.66. The van der Waals surface area contributed by atoms with Gasteiger partial charge in [0.25, 0.3) is 0 Å². The number of benzene rings is 1. The van der Waals surface area contributed by atoms with Gasteiger partial charge in [-0.15, -0.1) is 0 Å². The Bertz CT molecular complexity index is 561. The number of aromatic nitrogens is 2. The molecule has 0 fully saturated rings. The van der Waals surface area contributed by atoms with Crippen LogP contribution in [0.15, 0.2) is 42.6 Å². The van der Waals surface area contributed by atoms with Crippen LogP contribution in [0.4, 0.5) is 0 Å². The van der Waals surface area contributed by atoms with Crippen molar-refractivity contribution in [1.82, 2.24) is 19.6 Å². The van der Waals surface area contributed by atoms with Crippen molar-refractivity contribution in [2.75, 3.05) is 27.2 Å². The van der Waals surface area contributed by atoms with Crippen molar-refractivity contribution < 1.29 is 0 Å². The SMILES string of the molecule is CN(C)CC[C@H]1CN(Cc2ccccc2)Cc2ccnn21. The van der Waals surface area contributed by atoms with E-state index in [2.05, 4.69) is 70.1 Å². The van der Waals surface area contributed by atoms with Crippen molar-refractivity contribution in [3.8, 4) is 0 Å². The lowest BCUT2D eigenvalue weighted by atomic mass is 10.1. The average Bonchev–Trinajstić information content (AvgIpc) is 2.94. The predicted molar refractivity (Wildman–Crippen MR) is 85.0 cm³/mol. The molecular formula is C17H24N4. The molecule has 0 saturated carbocycles. The minimum atomic E-state index is 0.481. The maximum Gasteiger partial charge on any atom is 0.0662 e. The highest BCUT2D eigenvalue weighted by molar-refractivity contribution is 5.15. The Morgan fingerprint density at radius 3 is 2.76 bits per heavy atom. The normalized spacial score (nSPS) is 18.9. The van der Waals surface area contributed by atoms with Crippen LogP contribution < -0.4 is 0 Å². The number of nitrogens with zero attached hydrogens (tertiary/aromatic N) is 4. The first-order chi connectivity index (χ1) is 10.2. The number of rotatable bonds is 5. The van der Waals surface area contributed by atoms with Crippen LogP contribution in [-0.4, -0.2) is 46.8 Å². The van der Waals surface area contributed by atoms with Crippen LogP contribution >= 0.6 is 0 Å². The van der Waals surface area contributed by atoms with Crippen LogP contribution in [0, 0.1) is 0 Å². The fourth-order valence-corrected chi connectivity index (χ4v) is 3.05. The molecule has 1 aromatic heterocycles. The number of fused-ring (bicyclic) bond motifs is 1. The topological polar surface area (TPSA) is 24.3 Å². The fourth-order valence-electron chi connectivity index (χ4n) is 3.05. The summed E-state index contributed by atoms with van der Waals surface area (Å²) >= 11 is 0. The minimum Gasteiger partial charge on any atom is -0.309 e. The quantitative estimate of drug-likeness (QED) is 0.842. The van der Waals surface area contributed by atoms with Gasteiger partial charge in [0.15, 0.2) is 0 Å². The van der Waals surface area contributed by atoms with Crippen LogP contribution in [0.5, 0.6) is 0 Å². The zero-order valence-electron chi connectivity index (χ0n) is 12.9. The van der Waals surface area contributed by atoms with Crippen LogP contribution in [-0.2, 0) is 13.1 Å². The van der Waals surface area contributed by atoms with E-state index in [0.29, 0.717) is 6.04 Å². The van der Waals surface area contributed by atoms with Crippen LogP contribution in [0.2, 0.25) is 0 Å². The number of hydrogen-bond donors (Lipinski definition) is 0. The van der Waals surface area contributed by atoms with Gasteiger partial charge in [-0.05, 0) is 38.7 Å². The first kappa shape index (κ1) is 14.3. The van der Waals surface area contributed by atoms with Crippen LogP contribution in [0.25, 0.3) is 0 Å². The standard InChI is InChI=1S/C17H24N4/c1-19(2)11-9-17-14-20(12-15-6-4-3-5-7-15)13-16-8-10-18-21(16)17/h3-8,10,17H,9,11-14H2,1-2H3/t17-/m0/s1. The maximum absolute atomic E-state index is 4.53. The van der Waals surface area contributed by atoms with Gasteiger partial charge < -0.3 is 4.90 Å². The molecule has 0 saturated heterocycles. The molecule has 0 radical (unpaired) electrons. The monoisotopic (exact) mass is 284 g/mol. The molecule has 0 spiro atoms. The van der Waals surface area contributed by atoms with Gasteiger partial charge in [0.1, 0.15) is 0 Å². The predicted octanol–water partition coefficient (Wildman–Crippen LogP) is 2.39. The summed E-state index contributed by atoms with van der Waals surface area (Å²) in [6.45, 7) is 4.19. The van der Waals surface area contributed by atoms with E-state index in [4.69, 9.17) is 0 Å². The van der Waals surface area contributed by atoms with E-state index in [1.807, 2.05) is 6.20 Å². The van der Waals surface area contributed by atoms with Gasteiger partial charge in [-0.1, -0.05) is 30.3 Å². The highest BCUT2D eigenvalue weighted by Gasteiger charge is 2.25. The Hall–Kier alpha value is -1.65. The molecule has 4 nitrogen and oxygen atoms in total. The second-order valence-electron chi connectivity index (χ2n) is 6.17. The second-order valence-corrected chi connectivity index (χ2v) is 6.17. The molecule has 0 unspecified atom stereocenters. The summed E-state index contributed by atoms with van der Waals surface area (Å²) in [6, 6.07) is 13.4. The van der Waals surface area contributed by atoms with E-state index in [9.17, 15) is 0 Å². The third-order valence-electron chi connectivity index (χ3n) is 4.11. The van der Waals surface area contributed by atoms with E-state index in [-0.39, 0.29) is 0 Å². The Morgan fingerprint density at radius 1 is 1.19 bits per heavy atom. The summed E-state index contributed by atoms with van der Waals surface area (Å²) in [6.07, 6.45) is 3.08. The molecule has 112 valence electrons. The lowest BCUT2D eigenvalue weighted by Gasteiger charge is -2.34. The van der Waals surface area contributed by atoms with Gasteiger partial charge in [-0.2, -0.15) is 5.10 Å². The second kappa shape index (κ2) is 6.41. The zero-order chi connectivity index (χ0) is 14.7. The van der Waals surface area contributed by atoms with Gasteiger partial charge in [0.2, 0.25) is 0 Å².